The second-order valence-corrected chi connectivity index (χ2v) is 9.40. The number of nitrogens with one attached hydrogen (secondary N) is 1. The van der Waals surface area contributed by atoms with Crippen molar-refractivity contribution in [3.63, 3.8) is 0 Å². The standard InChI is InChI=1S/C27H31N5O4/c1-16(2)35-24-8-6-19(11-21(24)12-28)27-30-26(31-36-27)23-7-5-20-13-32(10-9-22(20)18(23)4)14-25(34)29-17(3)15-33/h5-8,11,16-17,33H,9-10,13-15H2,1-4H3,(H,29,34)/t17-/m0/s1. The summed E-state index contributed by atoms with van der Waals surface area (Å²) in [5.41, 5.74) is 5.47. The molecule has 9 nitrogen and oxygen atoms in total. The summed E-state index contributed by atoms with van der Waals surface area (Å²) in [5.74, 6) is 1.27. The summed E-state index contributed by atoms with van der Waals surface area (Å²) in [5, 5.41) is 25.7. The van der Waals surface area contributed by atoms with Gasteiger partial charge in [-0.3, -0.25) is 9.69 Å². The Morgan fingerprint density at radius 2 is 2.11 bits per heavy atom. The van der Waals surface area contributed by atoms with Gasteiger partial charge in [0.25, 0.3) is 5.89 Å². The maximum atomic E-state index is 12.2. The molecule has 1 amide bonds. The highest BCUT2D eigenvalue weighted by Crippen LogP contribution is 2.32. The molecule has 0 unspecified atom stereocenters. The Bertz CT molecular complexity index is 1290. The number of hydrogen-bond acceptors (Lipinski definition) is 8. The topological polar surface area (TPSA) is 125 Å². The molecule has 0 radical (unpaired) electrons. The lowest BCUT2D eigenvalue weighted by Crippen LogP contribution is -2.43. The highest BCUT2D eigenvalue weighted by Gasteiger charge is 2.23. The van der Waals surface area contributed by atoms with Gasteiger partial charge in [0.15, 0.2) is 0 Å². The summed E-state index contributed by atoms with van der Waals surface area (Å²) in [6.45, 7) is 9.31. The number of carbonyl (C=O) groups is 1. The summed E-state index contributed by atoms with van der Waals surface area (Å²) in [6.07, 6.45) is 0.773. The molecule has 4 rings (SSSR count). The molecule has 1 aliphatic rings. The Labute approximate surface area is 210 Å². The number of rotatable bonds is 8. The highest BCUT2D eigenvalue weighted by molar-refractivity contribution is 5.78. The molecule has 0 bridgehead atoms. The molecule has 188 valence electrons. The van der Waals surface area contributed by atoms with Crippen molar-refractivity contribution in [1.29, 1.82) is 5.26 Å². The smallest absolute Gasteiger partial charge is 0.258 e. The molecule has 36 heavy (non-hydrogen) atoms. The van der Waals surface area contributed by atoms with E-state index in [0.717, 1.165) is 24.1 Å². The van der Waals surface area contributed by atoms with Crippen LogP contribution in [0, 0.1) is 18.3 Å². The SMILES string of the molecule is Cc1c(-c2noc(-c3ccc(OC(C)C)c(C#N)c3)n2)ccc2c1CCN(CC(=O)N[C@@H](C)CO)C2. The fraction of sp³-hybridized carbons (Fsp3) is 0.407. The van der Waals surface area contributed by atoms with Gasteiger partial charge in [0.2, 0.25) is 11.7 Å². The van der Waals surface area contributed by atoms with Crippen LogP contribution in [0.5, 0.6) is 5.75 Å². The molecule has 9 heteroatoms. The number of aromatic nitrogens is 2. The van der Waals surface area contributed by atoms with Gasteiger partial charge in [-0.25, -0.2) is 0 Å². The number of nitrogens with zero attached hydrogens (tertiary/aromatic N) is 4. The normalized spacial score (nSPS) is 14.2. The zero-order chi connectivity index (χ0) is 25.8. The summed E-state index contributed by atoms with van der Waals surface area (Å²) in [7, 11) is 0. The molecule has 1 atom stereocenters. The number of hydrogen-bond donors (Lipinski definition) is 2. The van der Waals surface area contributed by atoms with Crippen molar-refractivity contribution >= 4 is 5.91 Å². The van der Waals surface area contributed by atoms with Crippen molar-refractivity contribution < 1.29 is 19.2 Å². The lowest BCUT2D eigenvalue weighted by atomic mass is 9.91. The van der Waals surface area contributed by atoms with Crippen LogP contribution in [0.1, 0.15) is 43.0 Å². The Hall–Kier alpha value is -3.74. The van der Waals surface area contributed by atoms with Gasteiger partial charge in [-0.05, 0) is 69.0 Å². The first-order chi connectivity index (χ1) is 17.3. The summed E-state index contributed by atoms with van der Waals surface area (Å²) >= 11 is 0. The maximum absolute atomic E-state index is 12.2. The van der Waals surface area contributed by atoms with Crippen LogP contribution in [0.2, 0.25) is 0 Å². The lowest BCUT2D eigenvalue weighted by Gasteiger charge is -2.30. The minimum atomic E-state index is -0.253. The van der Waals surface area contributed by atoms with E-state index in [2.05, 4.69) is 39.4 Å². The molecule has 2 heterocycles. The number of fused-ring (bicyclic) bond motifs is 1. The molecule has 1 aromatic heterocycles. The van der Waals surface area contributed by atoms with Crippen LogP contribution in [0.3, 0.4) is 0 Å². The van der Waals surface area contributed by atoms with Crippen molar-refractivity contribution in [1.82, 2.24) is 20.4 Å². The van der Waals surface area contributed by atoms with Crippen molar-refractivity contribution in [3.8, 4) is 34.7 Å². The number of carbonyl (C=O) groups excluding carboxylic acids is 1. The summed E-state index contributed by atoms with van der Waals surface area (Å²) < 4.78 is 11.2. The van der Waals surface area contributed by atoms with Gasteiger partial charge in [0.1, 0.15) is 11.8 Å². The molecule has 3 aromatic rings. The average Bonchev–Trinajstić information content (AvgIpc) is 3.34. The second kappa shape index (κ2) is 10.9. The number of amides is 1. The van der Waals surface area contributed by atoms with E-state index in [1.165, 1.54) is 11.1 Å². The van der Waals surface area contributed by atoms with E-state index in [-0.39, 0.29) is 24.7 Å². The maximum Gasteiger partial charge on any atom is 0.258 e. The average molecular weight is 490 g/mol. The summed E-state index contributed by atoms with van der Waals surface area (Å²) in [4.78, 5) is 18.9. The predicted molar refractivity (Wildman–Crippen MR) is 134 cm³/mol. The van der Waals surface area contributed by atoms with E-state index < -0.39 is 0 Å². The van der Waals surface area contributed by atoms with Gasteiger partial charge in [-0.1, -0.05) is 17.3 Å². The molecular formula is C27H31N5O4. The number of nitriles is 1. The molecule has 0 fully saturated rings. The van der Waals surface area contributed by atoms with Gasteiger partial charge in [-0.15, -0.1) is 0 Å². The monoisotopic (exact) mass is 489 g/mol. The number of benzene rings is 2. The Balaban J connectivity index is 1.52. The van der Waals surface area contributed by atoms with Gasteiger partial charge in [0.05, 0.1) is 24.8 Å². The third-order valence-electron chi connectivity index (χ3n) is 6.19. The highest BCUT2D eigenvalue weighted by atomic mass is 16.5. The first-order valence-electron chi connectivity index (χ1n) is 12.1. The molecule has 0 spiro atoms. The molecule has 0 aliphatic carbocycles. The molecule has 2 aromatic carbocycles. The minimum absolute atomic E-state index is 0.0378. The molecule has 0 saturated heterocycles. The summed E-state index contributed by atoms with van der Waals surface area (Å²) in [6, 6.07) is 11.2. The van der Waals surface area contributed by atoms with Crippen LogP contribution in [0.25, 0.3) is 22.8 Å². The van der Waals surface area contributed by atoms with Gasteiger partial charge < -0.3 is 19.7 Å². The zero-order valence-electron chi connectivity index (χ0n) is 21.0. The number of ether oxygens (including phenoxy) is 1. The fourth-order valence-corrected chi connectivity index (χ4v) is 4.40. The van der Waals surface area contributed by atoms with Crippen molar-refractivity contribution in [2.75, 3.05) is 19.7 Å². The Morgan fingerprint density at radius 1 is 1.31 bits per heavy atom. The third-order valence-corrected chi connectivity index (χ3v) is 6.19. The van der Waals surface area contributed by atoms with Crippen LogP contribution in [-0.4, -0.2) is 57.9 Å². The van der Waals surface area contributed by atoms with E-state index in [4.69, 9.17) is 14.4 Å². The van der Waals surface area contributed by atoms with Crippen LogP contribution in [0.15, 0.2) is 34.9 Å². The zero-order valence-corrected chi connectivity index (χ0v) is 21.0. The van der Waals surface area contributed by atoms with E-state index in [1.54, 1.807) is 19.1 Å². The quantitative estimate of drug-likeness (QED) is 0.494. The van der Waals surface area contributed by atoms with Gasteiger partial charge in [0, 0.05) is 30.3 Å². The van der Waals surface area contributed by atoms with Crippen molar-refractivity contribution in [2.45, 2.75) is 52.8 Å². The van der Waals surface area contributed by atoms with Crippen LogP contribution in [0.4, 0.5) is 0 Å². The molecule has 0 saturated carbocycles. The Kier molecular flexibility index (Phi) is 7.67. The van der Waals surface area contributed by atoms with Crippen LogP contribution < -0.4 is 10.1 Å². The van der Waals surface area contributed by atoms with Crippen molar-refractivity contribution in [3.05, 3.63) is 52.6 Å². The predicted octanol–water partition coefficient (Wildman–Crippen LogP) is 3.23. The first kappa shape index (κ1) is 25.4. The van der Waals surface area contributed by atoms with Crippen LogP contribution >= 0.6 is 0 Å². The van der Waals surface area contributed by atoms with E-state index in [1.807, 2.05) is 26.0 Å². The minimum Gasteiger partial charge on any atom is -0.490 e. The number of aliphatic hydroxyl groups is 1. The largest absolute Gasteiger partial charge is 0.490 e. The fourth-order valence-electron chi connectivity index (χ4n) is 4.40. The molecule has 2 N–H and O–H groups in total. The second-order valence-electron chi connectivity index (χ2n) is 9.40. The van der Waals surface area contributed by atoms with E-state index >= 15 is 0 Å². The first-order valence-corrected chi connectivity index (χ1v) is 12.1. The van der Waals surface area contributed by atoms with E-state index in [0.29, 0.717) is 41.7 Å². The third kappa shape index (κ3) is 5.56. The van der Waals surface area contributed by atoms with Gasteiger partial charge >= 0.3 is 0 Å². The van der Waals surface area contributed by atoms with Crippen LogP contribution in [-0.2, 0) is 17.8 Å². The molecule has 1 aliphatic heterocycles. The number of aliphatic hydroxyl groups excluding tert-OH is 1. The van der Waals surface area contributed by atoms with Gasteiger partial charge in [-0.2, -0.15) is 10.2 Å². The Morgan fingerprint density at radius 3 is 2.83 bits per heavy atom. The molecular weight excluding hydrogens is 458 g/mol. The van der Waals surface area contributed by atoms with E-state index in [9.17, 15) is 10.1 Å². The van der Waals surface area contributed by atoms with Crippen molar-refractivity contribution in [2.24, 2.45) is 0 Å². The lowest BCUT2D eigenvalue weighted by molar-refractivity contribution is -0.123.